The summed E-state index contributed by atoms with van der Waals surface area (Å²) in [5.41, 5.74) is 3.39. The predicted molar refractivity (Wildman–Crippen MR) is 154 cm³/mol. The minimum Gasteiger partial charge on any atom is -1.00 e. The quantitative estimate of drug-likeness (QED) is 0.112. The van der Waals surface area contributed by atoms with Crippen LogP contribution >= 0.6 is 0 Å². The molecule has 0 bridgehead atoms. The minimum atomic E-state index is -0.276. The Labute approximate surface area is 267 Å². The van der Waals surface area contributed by atoms with E-state index in [-0.39, 0.29) is 68.5 Å². The van der Waals surface area contributed by atoms with Crippen molar-refractivity contribution in [3.05, 3.63) is 47.6 Å². The van der Waals surface area contributed by atoms with Crippen molar-refractivity contribution in [1.29, 1.82) is 0 Å². The number of hydrogen-bond acceptors (Lipinski definition) is 0. The molecule has 1 unspecified atom stereocenters. The molecule has 0 fully saturated rings. The maximum absolute atomic E-state index is 2.49. The molecule has 1 aromatic carbocycles. The number of hydrogen-bond donors (Lipinski definition) is 0. The normalized spacial score (nSPS) is 16.2. The van der Waals surface area contributed by atoms with E-state index in [9.17, 15) is 0 Å². The Morgan fingerprint density at radius 2 is 1.22 bits per heavy atom. The standard InChI is InChI=1S/C32H55Si.3ClH.Ti/c1-4-6-7-8-9-10-11-12-13-14-15-16-17-18-19-21-24-30-29(5-2)25-26-31(30)33-32(3)27-22-20-23-28-32;;;;/h20,22-23,25-27H,4-19,21,24,28,33H2,1-3H3;3*1H;/q-1;;;;+4/p-3. The van der Waals surface area contributed by atoms with Crippen molar-refractivity contribution >= 4 is 14.7 Å². The van der Waals surface area contributed by atoms with Gasteiger partial charge in [0.05, 0.1) is 0 Å². The molecule has 0 saturated carbocycles. The summed E-state index contributed by atoms with van der Waals surface area (Å²) in [5.74, 6) is 0. The van der Waals surface area contributed by atoms with Crippen LogP contribution in [0.15, 0.2) is 36.4 Å². The van der Waals surface area contributed by atoms with Crippen molar-refractivity contribution in [2.45, 2.75) is 148 Å². The first kappa shape index (κ1) is 42.1. The third-order valence-electron chi connectivity index (χ3n) is 7.85. The van der Waals surface area contributed by atoms with Crippen molar-refractivity contribution in [2.75, 3.05) is 0 Å². The van der Waals surface area contributed by atoms with Gasteiger partial charge in [0, 0.05) is 9.52 Å². The Balaban J connectivity index is -0.00000289. The van der Waals surface area contributed by atoms with E-state index < -0.39 is 0 Å². The van der Waals surface area contributed by atoms with E-state index in [1.165, 1.54) is 122 Å². The van der Waals surface area contributed by atoms with Gasteiger partial charge in [0.25, 0.3) is 0 Å². The van der Waals surface area contributed by atoms with E-state index in [0.717, 1.165) is 0 Å². The van der Waals surface area contributed by atoms with E-state index in [2.05, 4.69) is 57.2 Å². The van der Waals surface area contributed by atoms with Gasteiger partial charge in [0.15, 0.2) is 0 Å². The third-order valence-corrected chi connectivity index (χ3v) is 10.2. The Hall–Kier alpha value is 0.631. The van der Waals surface area contributed by atoms with Crippen LogP contribution in [0.3, 0.4) is 0 Å². The first-order valence-electron chi connectivity index (χ1n) is 14.8. The van der Waals surface area contributed by atoms with Crippen LogP contribution in [-0.2, 0) is 34.6 Å². The number of unbranched alkanes of at least 4 members (excludes halogenated alkanes) is 15. The van der Waals surface area contributed by atoms with E-state index in [4.69, 9.17) is 0 Å². The summed E-state index contributed by atoms with van der Waals surface area (Å²) in [4.78, 5) is 0. The van der Waals surface area contributed by atoms with E-state index >= 15 is 0 Å². The van der Waals surface area contributed by atoms with Gasteiger partial charge < -0.3 is 37.2 Å². The maximum atomic E-state index is 2.49. The van der Waals surface area contributed by atoms with E-state index in [0.29, 0.717) is 5.04 Å². The number of rotatable bonds is 20. The number of halogens is 3. The molecule has 2 rings (SSSR count). The summed E-state index contributed by atoms with van der Waals surface area (Å²) < 4.78 is 0. The van der Waals surface area contributed by atoms with E-state index in [1.54, 1.807) is 16.3 Å². The SMILES string of the molecule is CCCCCCCCCCCCCCCCCCc1c(CC)cc[c-]1[SiH2]C1(C)C=CC=CC1.[Cl-].[Cl-].[Cl-].[Ti+4]. The second kappa shape index (κ2) is 26.8. The zero-order valence-corrected chi connectivity index (χ0v) is 29.5. The summed E-state index contributed by atoms with van der Waals surface area (Å²) in [7, 11) is -0.276. The molecular weight excluding hydrogens is 567 g/mol. The molecule has 0 spiro atoms. The van der Waals surface area contributed by atoms with Gasteiger partial charge >= 0.3 is 21.7 Å². The first-order chi connectivity index (χ1) is 16.2. The molecule has 1 aliphatic carbocycles. The summed E-state index contributed by atoms with van der Waals surface area (Å²) >= 11 is 0. The van der Waals surface area contributed by atoms with Crippen LogP contribution < -0.4 is 42.4 Å². The van der Waals surface area contributed by atoms with Gasteiger partial charge in [-0.15, -0.1) is 0 Å². The molecule has 5 heteroatoms. The fourth-order valence-electron chi connectivity index (χ4n) is 5.61. The average Bonchev–Trinajstić information content (AvgIpc) is 3.20. The third kappa shape index (κ3) is 18.6. The van der Waals surface area contributed by atoms with Crippen LogP contribution in [0, 0.1) is 0 Å². The summed E-state index contributed by atoms with van der Waals surface area (Å²) in [6.07, 6.45) is 36.3. The predicted octanol–water partition coefficient (Wildman–Crippen LogP) is 0.270. The monoisotopic (exact) mass is 620 g/mol. The molecule has 0 amide bonds. The molecule has 1 aromatic rings. The molecular formula is C32H55Cl3SiTi. The number of aryl methyl sites for hydroxylation is 1. The minimum absolute atomic E-state index is 0. The summed E-state index contributed by atoms with van der Waals surface area (Å²) in [6, 6.07) is 4.93. The fraction of sp³-hybridized carbons (Fsp3) is 0.719. The Morgan fingerprint density at radius 3 is 1.65 bits per heavy atom. The van der Waals surface area contributed by atoms with Gasteiger partial charge in [-0.25, -0.2) is 6.07 Å². The van der Waals surface area contributed by atoms with Crippen LogP contribution in [0.1, 0.15) is 141 Å². The van der Waals surface area contributed by atoms with Crippen molar-refractivity contribution < 1.29 is 58.9 Å². The summed E-state index contributed by atoms with van der Waals surface area (Å²) in [6.45, 7) is 7.12. The van der Waals surface area contributed by atoms with Gasteiger partial charge in [-0.2, -0.15) is 22.4 Å². The van der Waals surface area contributed by atoms with E-state index in [1.807, 2.05) is 0 Å². The first-order valence-corrected chi connectivity index (χ1v) is 16.2. The molecule has 0 radical (unpaired) electrons. The molecule has 0 nitrogen and oxygen atoms in total. The zero-order valence-electron chi connectivity index (χ0n) is 24.2. The van der Waals surface area contributed by atoms with Crippen LogP contribution in [-0.4, -0.2) is 9.52 Å². The molecule has 37 heavy (non-hydrogen) atoms. The molecule has 1 atom stereocenters. The van der Waals surface area contributed by atoms with Gasteiger partial charge in [-0.1, -0.05) is 161 Å². The van der Waals surface area contributed by atoms with Crippen molar-refractivity contribution in [1.82, 2.24) is 0 Å². The molecule has 0 aromatic heterocycles. The topological polar surface area (TPSA) is 0 Å². The van der Waals surface area contributed by atoms with Crippen LogP contribution in [0.4, 0.5) is 0 Å². The zero-order chi connectivity index (χ0) is 23.6. The molecule has 1 aliphatic rings. The van der Waals surface area contributed by atoms with Crippen LogP contribution in [0.2, 0.25) is 5.04 Å². The summed E-state index contributed by atoms with van der Waals surface area (Å²) in [5, 5.41) is 2.20. The Kier molecular flexibility index (Phi) is 30.5. The Morgan fingerprint density at radius 1 is 0.730 bits per heavy atom. The largest absolute Gasteiger partial charge is 4.00 e. The van der Waals surface area contributed by atoms with Crippen molar-refractivity contribution in [3.8, 4) is 0 Å². The number of allylic oxidation sites excluding steroid dienone is 4. The van der Waals surface area contributed by atoms with Crippen molar-refractivity contribution in [2.24, 2.45) is 0 Å². The van der Waals surface area contributed by atoms with Crippen LogP contribution in [0.5, 0.6) is 0 Å². The van der Waals surface area contributed by atoms with Gasteiger partial charge in [0.2, 0.25) is 0 Å². The average molecular weight is 622 g/mol. The van der Waals surface area contributed by atoms with Crippen LogP contribution in [0.25, 0.3) is 0 Å². The van der Waals surface area contributed by atoms with Gasteiger partial charge in [-0.05, 0) is 11.5 Å². The molecule has 0 aliphatic heterocycles. The maximum Gasteiger partial charge on any atom is 4.00 e. The van der Waals surface area contributed by atoms with Crippen molar-refractivity contribution in [3.63, 3.8) is 0 Å². The molecule has 0 saturated heterocycles. The fourth-order valence-corrected chi connectivity index (χ4v) is 7.90. The Bertz CT molecular complexity index is 686. The van der Waals surface area contributed by atoms with Gasteiger partial charge in [-0.3, -0.25) is 0 Å². The van der Waals surface area contributed by atoms with Gasteiger partial charge in [0.1, 0.15) is 0 Å². The second-order valence-corrected chi connectivity index (χ2v) is 13.8. The smallest absolute Gasteiger partial charge is 1.00 e. The second-order valence-electron chi connectivity index (χ2n) is 11.1. The molecule has 0 N–H and O–H groups in total. The molecule has 0 heterocycles. The molecule has 212 valence electrons.